The summed E-state index contributed by atoms with van der Waals surface area (Å²) >= 11 is 0. The van der Waals surface area contributed by atoms with Gasteiger partial charge in [0.25, 0.3) is 6.47 Å². The van der Waals surface area contributed by atoms with E-state index in [1.807, 2.05) is 12.1 Å². The van der Waals surface area contributed by atoms with E-state index < -0.39 is 0 Å². The Morgan fingerprint density at radius 2 is 1.42 bits per heavy atom. The molecule has 0 amide bonds. The molecule has 0 bridgehead atoms. The van der Waals surface area contributed by atoms with Gasteiger partial charge in [0.2, 0.25) is 0 Å². The Balaban J connectivity index is 0.00000113. The number of ether oxygens (including phenoxy) is 4. The van der Waals surface area contributed by atoms with Crippen molar-refractivity contribution in [2.24, 2.45) is 11.8 Å². The summed E-state index contributed by atoms with van der Waals surface area (Å²) in [5.41, 5.74) is 3.53. The van der Waals surface area contributed by atoms with E-state index in [-0.39, 0.29) is 19.2 Å². The highest BCUT2D eigenvalue weighted by Crippen LogP contribution is 2.41. The van der Waals surface area contributed by atoms with Gasteiger partial charge in [0.1, 0.15) is 24.7 Å². The van der Waals surface area contributed by atoms with E-state index in [1.54, 1.807) is 6.92 Å². The van der Waals surface area contributed by atoms with Crippen molar-refractivity contribution < 1.29 is 38.7 Å². The normalized spacial score (nSPS) is 15.7. The number of carbonyl (C=O) groups is 2. The average molecular weight is 669 g/mol. The Morgan fingerprint density at radius 1 is 0.875 bits per heavy atom. The minimum atomic E-state index is -0.246. The molecule has 0 radical (unpaired) electrons. The predicted octanol–water partition coefficient (Wildman–Crippen LogP) is 8.00. The first-order valence-electron chi connectivity index (χ1n) is 17.4. The molecule has 1 atom stereocenters. The van der Waals surface area contributed by atoms with Gasteiger partial charge < -0.3 is 29.2 Å². The first-order chi connectivity index (χ1) is 23.3. The number of rotatable bonds is 20. The second-order valence-corrected chi connectivity index (χ2v) is 12.2. The molecular weight excluding hydrogens is 608 g/mol. The highest BCUT2D eigenvalue weighted by Gasteiger charge is 2.28. The largest absolute Gasteiger partial charge is 0.490 e. The van der Waals surface area contributed by atoms with Crippen molar-refractivity contribution in [2.45, 2.75) is 90.9 Å². The van der Waals surface area contributed by atoms with Gasteiger partial charge in [-0.1, -0.05) is 62.3 Å². The van der Waals surface area contributed by atoms with Crippen molar-refractivity contribution in [1.29, 1.82) is 0 Å². The van der Waals surface area contributed by atoms with Crippen molar-refractivity contribution in [1.82, 2.24) is 0 Å². The number of aliphatic hydroxyl groups excluding tert-OH is 2. The van der Waals surface area contributed by atoms with Crippen LogP contribution in [0.25, 0.3) is 0 Å². The van der Waals surface area contributed by atoms with Crippen molar-refractivity contribution >= 4 is 12.4 Å². The summed E-state index contributed by atoms with van der Waals surface area (Å²) in [5, 5.41) is 15.8. The number of aryl methyl sites for hydroxylation is 1. The third-order valence-corrected chi connectivity index (χ3v) is 8.27. The van der Waals surface area contributed by atoms with E-state index in [0.29, 0.717) is 50.7 Å². The summed E-state index contributed by atoms with van der Waals surface area (Å²) in [7, 11) is 0. The Labute approximate surface area is 289 Å². The first kappa shape index (κ1) is 42.4. The quantitative estimate of drug-likeness (QED) is 0.0632. The van der Waals surface area contributed by atoms with Crippen LogP contribution >= 0.6 is 0 Å². The zero-order chi connectivity index (χ0) is 35.4. The summed E-state index contributed by atoms with van der Waals surface area (Å²) in [6.07, 6.45) is 12.5. The van der Waals surface area contributed by atoms with Gasteiger partial charge in [-0.05, 0) is 111 Å². The van der Waals surface area contributed by atoms with E-state index in [2.05, 4.69) is 56.5 Å². The lowest BCUT2D eigenvalue weighted by Crippen LogP contribution is -2.24. The van der Waals surface area contributed by atoms with Crippen LogP contribution in [0.3, 0.4) is 0 Å². The van der Waals surface area contributed by atoms with Crippen LogP contribution in [-0.4, -0.2) is 62.3 Å². The maximum absolute atomic E-state index is 11.2. The minimum Gasteiger partial charge on any atom is -0.490 e. The first-order valence-corrected chi connectivity index (χ1v) is 17.4. The van der Waals surface area contributed by atoms with Crippen molar-refractivity contribution in [2.75, 3.05) is 39.6 Å². The molecule has 8 heteroatoms. The fourth-order valence-corrected chi connectivity index (χ4v) is 5.65. The molecule has 0 aromatic heterocycles. The van der Waals surface area contributed by atoms with Crippen LogP contribution in [0.4, 0.5) is 0 Å². The minimum absolute atomic E-state index is 0.0833. The van der Waals surface area contributed by atoms with Crippen LogP contribution in [0.5, 0.6) is 11.5 Å². The van der Waals surface area contributed by atoms with Crippen molar-refractivity contribution in [3.63, 3.8) is 0 Å². The second-order valence-electron chi connectivity index (χ2n) is 12.2. The molecule has 1 aliphatic rings. The Bertz CT molecular complexity index is 1120. The van der Waals surface area contributed by atoms with Crippen LogP contribution in [0.2, 0.25) is 0 Å². The van der Waals surface area contributed by atoms with Crippen molar-refractivity contribution in [3.8, 4) is 11.5 Å². The van der Waals surface area contributed by atoms with E-state index in [1.165, 1.54) is 43.4 Å². The van der Waals surface area contributed by atoms with Crippen LogP contribution in [0.15, 0.2) is 73.3 Å². The number of carbonyl (C=O) groups excluding carboxylic acids is 2. The van der Waals surface area contributed by atoms with Gasteiger partial charge in [-0.2, -0.15) is 0 Å². The molecular formula is C40H60O8. The molecule has 1 aliphatic carbocycles. The highest BCUT2D eigenvalue weighted by molar-refractivity contribution is 5.65. The molecule has 8 nitrogen and oxygen atoms in total. The fraction of sp³-hybridized carbons (Fsp3) is 0.550. The summed E-state index contributed by atoms with van der Waals surface area (Å²) in [5.74, 6) is 3.00. The summed E-state index contributed by atoms with van der Waals surface area (Å²) in [4.78, 5) is 21.7. The predicted molar refractivity (Wildman–Crippen MR) is 192 cm³/mol. The third-order valence-electron chi connectivity index (χ3n) is 8.27. The lowest BCUT2D eigenvalue weighted by atomic mass is 9.72. The van der Waals surface area contributed by atoms with Gasteiger partial charge in [-0.15, -0.1) is 6.58 Å². The van der Waals surface area contributed by atoms with Crippen LogP contribution in [-0.2, 0) is 25.5 Å². The lowest BCUT2D eigenvalue weighted by Gasteiger charge is -2.34. The Morgan fingerprint density at radius 3 is 1.90 bits per heavy atom. The van der Waals surface area contributed by atoms with E-state index in [0.717, 1.165) is 62.0 Å². The SMILES string of the molecule is C=C(C)CO.C=CCO.CCCCCc1ccc(OCCOc2ccc(C3CCC(C(CCOC=O)CCOC(C)=O)CC3)cc2)cc1. The Kier molecular flexibility index (Phi) is 24.2. The molecule has 0 heterocycles. The van der Waals surface area contributed by atoms with Gasteiger partial charge >= 0.3 is 5.97 Å². The van der Waals surface area contributed by atoms with E-state index >= 15 is 0 Å². The van der Waals surface area contributed by atoms with E-state index in [4.69, 9.17) is 29.2 Å². The smallest absolute Gasteiger partial charge is 0.302 e. The van der Waals surface area contributed by atoms with Crippen LogP contribution < -0.4 is 9.47 Å². The number of hydrogen-bond acceptors (Lipinski definition) is 8. The average Bonchev–Trinajstić information content (AvgIpc) is 3.11. The lowest BCUT2D eigenvalue weighted by molar-refractivity contribution is -0.141. The standard InChI is InChI=1S/C33H46O6.C4H8O.C3H6O/c1-3-4-5-6-27-7-15-32(16-8-27)38-23-24-39-33-17-13-30(14-18-33)28-9-11-29(12-10-28)31(19-21-36-25-34)20-22-37-26(2)35;1-4(2)3-5;1-2-3-4/h7-8,13-18,25,28-29,31H,3-6,9-12,19-24H2,1-2H3;5H,1,3H2,2H3;2,4H,1,3H2. The molecule has 1 unspecified atom stereocenters. The topological polar surface area (TPSA) is 112 Å². The molecule has 268 valence electrons. The number of unbranched alkanes of at least 4 members (excludes halogenated alkanes) is 2. The van der Waals surface area contributed by atoms with Gasteiger partial charge in [-0.25, -0.2) is 0 Å². The molecule has 0 aliphatic heterocycles. The molecule has 1 saturated carbocycles. The zero-order valence-electron chi connectivity index (χ0n) is 29.6. The molecule has 0 spiro atoms. The van der Waals surface area contributed by atoms with Gasteiger partial charge in [-0.3, -0.25) is 9.59 Å². The molecule has 0 saturated heterocycles. The van der Waals surface area contributed by atoms with Gasteiger partial charge in [0.15, 0.2) is 0 Å². The number of esters is 1. The summed E-state index contributed by atoms with van der Waals surface area (Å²) in [6.45, 7) is 14.7. The maximum atomic E-state index is 11.2. The van der Waals surface area contributed by atoms with Crippen LogP contribution in [0, 0.1) is 11.8 Å². The highest BCUT2D eigenvalue weighted by atomic mass is 16.5. The molecule has 3 rings (SSSR count). The summed E-state index contributed by atoms with van der Waals surface area (Å²) < 4.78 is 21.9. The number of benzene rings is 2. The fourth-order valence-electron chi connectivity index (χ4n) is 5.65. The second kappa shape index (κ2) is 27.3. The number of aliphatic hydroxyl groups is 2. The van der Waals surface area contributed by atoms with Crippen molar-refractivity contribution in [3.05, 3.63) is 84.5 Å². The molecule has 2 aromatic carbocycles. The zero-order valence-corrected chi connectivity index (χ0v) is 29.6. The van der Waals surface area contributed by atoms with Gasteiger partial charge in [0.05, 0.1) is 26.4 Å². The van der Waals surface area contributed by atoms with Crippen LogP contribution in [0.1, 0.15) is 95.6 Å². The molecule has 48 heavy (non-hydrogen) atoms. The molecule has 1 fully saturated rings. The maximum Gasteiger partial charge on any atom is 0.302 e. The van der Waals surface area contributed by atoms with E-state index in [9.17, 15) is 9.59 Å². The third kappa shape index (κ3) is 19.9. The Hall–Kier alpha value is -3.62. The molecule has 2 N–H and O–H groups in total. The molecule has 2 aromatic rings. The summed E-state index contributed by atoms with van der Waals surface area (Å²) in [6, 6.07) is 16.9. The monoisotopic (exact) mass is 668 g/mol. The van der Waals surface area contributed by atoms with Gasteiger partial charge in [0, 0.05) is 6.92 Å². The number of hydrogen-bond donors (Lipinski definition) is 2.